The second kappa shape index (κ2) is 7.51. The average Bonchev–Trinajstić information content (AvgIpc) is 3.08. The van der Waals surface area contributed by atoms with Crippen molar-refractivity contribution in [2.24, 2.45) is 5.92 Å². The number of anilines is 1. The van der Waals surface area contributed by atoms with E-state index in [1.54, 1.807) is 12.1 Å². The van der Waals surface area contributed by atoms with Gasteiger partial charge in [0.2, 0.25) is 0 Å². The molecule has 1 aliphatic rings. The maximum Gasteiger partial charge on any atom is 0.314 e. The molecular weight excluding hydrogens is 368 g/mol. The van der Waals surface area contributed by atoms with Crippen molar-refractivity contribution in [1.82, 2.24) is 15.1 Å². The van der Waals surface area contributed by atoms with Crippen LogP contribution in [-0.2, 0) is 30.9 Å². The van der Waals surface area contributed by atoms with Gasteiger partial charge in [0.15, 0.2) is 9.84 Å². The molecule has 0 atom stereocenters. The van der Waals surface area contributed by atoms with Crippen LogP contribution < -0.4 is 10.6 Å². The number of carbonyl (C=O) groups excluding carboxylic acids is 2. The van der Waals surface area contributed by atoms with Crippen molar-refractivity contribution in [2.75, 3.05) is 11.9 Å². The first-order valence-electron chi connectivity index (χ1n) is 8.72. The number of carbonyl (C=O) groups is 2. The van der Waals surface area contributed by atoms with Gasteiger partial charge in [-0.15, -0.1) is 0 Å². The molecule has 0 saturated heterocycles. The van der Waals surface area contributed by atoms with Crippen molar-refractivity contribution in [3.8, 4) is 5.69 Å². The Hall–Kier alpha value is -2.68. The summed E-state index contributed by atoms with van der Waals surface area (Å²) in [5, 5.41) is 9.47. The lowest BCUT2D eigenvalue weighted by molar-refractivity contribution is -0.136. The minimum absolute atomic E-state index is 0.175. The zero-order valence-electron chi connectivity index (χ0n) is 15.2. The summed E-state index contributed by atoms with van der Waals surface area (Å²) >= 11 is 0. The fourth-order valence-electron chi connectivity index (χ4n) is 2.85. The second-order valence-corrected chi connectivity index (χ2v) is 9.01. The smallest absolute Gasteiger partial charge is 0.314 e. The van der Waals surface area contributed by atoms with Crippen LogP contribution in [0.3, 0.4) is 0 Å². The minimum atomic E-state index is -3.29. The molecule has 0 bridgehead atoms. The van der Waals surface area contributed by atoms with Crippen LogP contribution in [0, 0.1) is 5.92 Å². The molecule has 9 heteroatoms. The molecule has 1 aliphatic heterocycles. The predicted octanol–water partition coefficient (Wildman–Crippen LogP) is 1.40. The lowest BCUT2D eigenvalue weighted by atomic mass is 10.1. The van der Waals surface area contributed by atoms with E-state index < -0.39 is 21.7 Å². The largest absolute Gasteiger partial charge is 0.348 e. The number of para-hydroxylation sites is 1. The van der Waals surface area contributed by atoms with Crippen molar-refractivity contribution >= 4 is 27.5 Å². The van der Waals surface area contributed by atoms with Gasteiger partial charge in [0.05, 0.1) is 22.9 Å². The summed E-state index contributed by atoms with van der Waals surface area (Å²) in [5.41, 5.74) is 1.50. The van der Waals surface area contributed by atoms with Crippen molar-refractivity contribution < 1.29 is 18.0 Å². The fourth-order valence-corrected chi connectivity index (χ4v) is 4.34. The van der Waals surface area contributed by atoms with Crippen LogP contribution in [0.25, 0.3) is 5.69 Å². The van der Waals surface area contributed by atoms with Gasteiger partial charge in [-0.1, -0.05) is 32.0 Å². The third-order valence-electron chi connectivity index (χ3n) is 4.23. The molecule has 0 fully saturated rings. The molecule has 0 saturated carbocycles. The van der Waals surface area contributed by atoms with Gasteiger partial charge in [0.25, 0.3) is 0 Å². The quantitative estimate of drug-likeness (QED) is 0.750. The summed E-state index contributed by atoms with van der Waals surface area (Å²) in [7, 11) is -3.29. The summed E-state index contributed by atoms with van der Waals surface area (Å²) in [5.74, 6) is -1.36. The molecule has 27 heavy (non-hydrogen) atoms. The SMILES string of the molecule is CC(C)CCNC(=O)C(=O)Nc1c2c(nn1-c1ccccc1)CS(=O)(=O)C2. The molecule has 2 amide bonds. The number of fused-ring (bicyclic) bond motifs is 1. The summed E-state index contributed by atoms with van der Waals surface area (Å²) in [6, 6.07) is 9.03. The molecular formula is C18H22N4O4S. The van der Waals surface area contributed by atoms with E-state index in [0.717, 1.165) is 6.42 Å². The molecule has 8 nitrogen and oxygen atoms in total. The third-order valence-corrected chi connectivity index (χ3v) is 5.68. The Morgan fingerprint density at radius 3 is 2.52 bits per heavy atom. The van der Waals surface area contributed by atoms with Gasteiger partial charge in [-0.3, -0.25) is 9.59 Å². The minimum Gasteiger partial charge on any atom is -0.348 e. The van der Waals surface area contributed by atoms with Crippen LogP contribution in [0.4, 0.5) is 5.82 Å². The highest BCUT2D eigenvalue weighted by Crippen LogP contribution is 2.32. The normalized spacial score (nSPS) is 14.8. The van der Waals surface area contributed by atoms with Crippen molar-refractivity contribution in [1.29, 1.82) is 0 Å². The van der Waals surface area contributed by atoms with Gasteiger partial charge in [-0.2, -0.15) is 5.10 Å². The average molecular weight is 390 g/mol. The van der Waals surface area contributed by atoms with Gasteiger partial charge in [0, 0.05) is 12.1 Å². The molecule has 2 aromatic rings. The Labute approximate surface area is 157 Å². The zero-order valence-corrected chi connectivity index (χ0v) is 16.0. The Bertz CT molecular complexity index is 965. The lowest BCUT2D eigenvalue weighted by Crippen LogP contribution is -2.36. The van der Waals surface area contributed by atoms with Crippen LogP contribution in [0.2, 0.25) is 0 Å². The molecule has 2 heterocycles. The fraction of sp³-hybridized carbons (Fsp3) is 0.389. The van der Waals surface area contributed by atoms with Crippen LogP contribution in [-0.4, -0.2) is 36.6 Å². The number of hydrogen-bond donors (Lipinski definition) is 2. The van der Waals surface area contributed by atoms with E-state index in [1.807, 2.05) is 32.0 Å². The van der Waals surface area contributed by atoms with E-state index >= 15 is 0 Å². The molecule has 2 N–H and O–H groups in total. The molecule has 1 aromatic heterocycles. The molecule has 1 aromatic carbocycles. The summed E-state index contributed by atoms with van der Waals surface area (Å²) in [6.07, 6.45) is 0.759. The second-order valence-electron chi connectivity index (χ2n) is 6.95. The van der Waals surface area contributed by atoms with Crippen LogP contribution >= 0.6 is 0 Å². The highest BCUT2D eigenvalue weighted by atomic mass is 32.2. The van der Waals surface area contributed by atoms with Gasteiger partial charge in [0.1, 0.15) is 5.82 Å². The van der Waals surface area contributed by atoms with Crippen molar-refractivity contribution in [3.05, 3.63) is 41.6 Å². The molecule has 3 rings (SSSR count). The molecule has 0 aliphatic carbocycles. The lowest BCUT2D eigenvalue weighted by Gasteiger charge is -2.11. The summed E-state index contributed by atoms with van der Waals surface area (Å²) in [6.45, 7) is 4.44. The van der Waals surface area contributed by atoms with Gasteiger partial charge < -0.3 is 10.6 Å². The molecule has 0 spiro atoms. The maximum atomic E-state index is 12.3. The number of benzene rings is 1. The van der Waals surface area contributed by atoms with E-state index in [-0.39, 0.29) is 17.3 Å². The van der Waals surface area contributed by atoms with E-state index in [4.69, 9.17) is 0 Å². The summed E-state index contributed by atoms with van der Waals surface area (Å²) in [4.78, 5) is 24.4. The number of nitrogens with zero attached hydrogens (tertiary/aromatic N) is 2. The van der Waals surface area contributed by atoms with Crippen LogP contribution in [0.15, 0.2) is 30.3 Å². The van der Waals surface area contributed by atoms with Gasteiger partial charge in [-0.25, -0.2) is 13.1 Å². The standard InChI is InChI=1S/C18H22N4O4S/c1-12(2)8-9-19-17(23)18(24)20-16-14-10-27(25,26)11-15(14)21-22(16)13-6-4-3-5-7-13/h3-7,12H,8-11H2,1-2H3,(H,19,23)(H,20,24). The Morgan fingerprint density at radius 1 is 1.15 bits per heavy atom. The summed E-state index contributed by atoms with van der Waals surface area (Å²) < 4.78 is 25.3. The number of amides is 2. The number of nitrogens with one attached hydrogen (secondary N) is 2. The highest BCUT2D eigenvalue weighted by molar-refractivity contribution is 7.90. The highest BCUT2D eigenvalue weighted by Gasteiger charge is 2.33. The van der Waals surface area contributed by atoms with E-state index in [2.05, 4.69) is 15.7 Å². The molecule has 0 unspecified atom stereocenters. The first-order chi connectivity index (χ1) is 12.8. The van der Waals surface area contributed by atoms with E-state index in [0.29, 0.717) is 29.4 Å². The van der Waals surface area contributed by atoms with Gasteiger partial charge >= 0.3 is 11.8 Å². The first-order valence-corrected chi connectivity index (χ1v) is 10.5. The number of rotatable bonds is 5. The number of sulfone groups is 1. The van der Waals surface area contributed by atoms with E-state index in [9.17, 15) is 18.0 Å². The topological polar surface area (TPSA) is 110 Å². The Morgan fingerprint density at radius 2 is 1.85 bits per heavy atom. The molecule has 144 valence electrons. The number of aromatic nitrogens is 2. The predicted molar refractivity (Wildman–Crippen MR) is 101 cm³/mol. The van der Waals surface area contributed by atoms with Gasteiger partial charge in [-0.05, 0) is 24.5 Å². The third kappa shape index (κ3) is 4.36. The zero-order chi connectivity index (χ0) is 19.6. The van der Waals surface area contributed by atoms with Crippen molar-refractivity contribution in [3.63, 3.8) is 0 Å². The van der Waals surface area contributed by atoms with Crippen molar-refractivity contribution in [2.45, 2.75) is 31.8 Å². The Kier molecular flexibility index (Phi) is 5.31. The maximum absolute atomic E-state index is 12.3. The Balaban J connectivity index is 1.86. The monoisotopic (exact) mass is 390 g/mol. The van der Waals surface area contributed by atoms with Crippen LogP contribution in [0.5, 0.6) is 0 Å². The first kappa shape index (κ1) is 19.1. The van der Waals surface area contributed by atoms with Crippen LogP contribution in [0.1, 0.15) is 31.5 Å². The molecule has 0 radical (unpaired) electrons. The van der Waals surface area contributed by atoms with E-state index in [1.165, 1.54) is 4.68 Å². The number of hydrogen-bond acceptors (Lipinski definition) is 5.